The summed E-state index contributed by atoms with van der Waals surface area (Å²) in [6.45, 7) is 0.390. The van der Waals surface area contributed by atoms with Crippen LogP contribution in [0.4, 0.5) is 5.69 Å². The highest BCUT2D eigenvalue weighted by molar-refractivity contribution is 7.78. The molecule has 1 aromatic rings. The Labute approximate surface area is 82.3 Å². The molecule has 0 bridgehead atoms. The van der Waals surface area contributed by atoms with Crippen molar-refractivity contribution in [3.05, 3.63) is 35.0 Å². The molecule has 0 saturated heterocycles. The monoisotopic (exact) mass is 193 g/mol. The maximum absolute atomic E-state index is 10.7. The van der Waals surface area contributed by atoms with Gasteiger partial charge in [0.2, 0.25) is 0 Å². The van der Waals surface area contributed by atoms with Gasteiger partial charge in [0.05, 0.1) is 10.8 Å². The molecule has 0 spiro atoms. The van der Waals surface area contributed by atoms with E-state index in [2.05, 4.69) is 22.4 Å². The zero-order valence-electron chi connectivity index (χ0n) is 7.23. The third-order valence-corrected chi connectivity index (χ3v) is 1.61. The van der Waals surface area contributed by atoms with Crippen LogP contribution in [0.5, 0.6) is 0 Å². The molecule has 13 heavy (non-hydrogen) atoms. The third kappa shape index (κ3) is 3.44. The molecule has 0 unspecified atom stereocenters. The van der Waals surface area contributed by atoms with Crippen LogP contribution in [0.1, 0.15) is 5.56 Å². The number of hydrogen-bond donors (Lipinski definition) is 0. The van der Waals surface area contributed by atoms with Crippen LogP contribution >= 0.6 is 12.2 Å². The van der Waals surface area contributed by atoms with Gasteiger partial charge in [0.25, 0.3) is 0 Å². The summed E-state index contributed by atoms with van der Waals surface area (Å²) in [5, 5.41) is 13.8. The summed E-state index contributed by atoms with van der Waals surface area (Å²) in [5.74, 6) is 0. The highest BCUT2D eigenvalue weighted by Gasteiger charge is 1.91. The van der Waals surface area contributed by atoms with Crippen LogP contribution in [0.15, 0.2) is 29.3 Å². The summed E-state index contributed by atoms with van der Waals surface area (Å²) in [6.07, 6.45) is 0. The summed E-state index contributed by atoms with van der Waals surface area (Å²) in [7, 11) is 1.49. The van der Waals surface area contributed by atoms with Gasteiger partial charge in [-0.1, -0.05) is 12.1 Å². The summed E-state index contributed by atoms with van der Waals surface area (Å²) in [6, 6.07) is 7.30. The minimum Gasteiger partial charge on any atom is -0.785 e. The first-order valence-electron chi connectivity index (χ1n) is 3.77. The lowest BCUT2D eigenvalue weighted by Crippen LogP contribution is -2.07. The summed E-state index contributed by atoms with van der Waals surface area (Å²) >= 11 is 4.46. The summed E-state index contributed by atoms with van der Waals surface area (Å²) in [5.41, 5.74) is 1.72. The Balaban J connectivity index is 2.75. The molecule has 4 heteroatoms. The van der Waals surface area contributed by atoms with Crippen molar-refractivity contribution in [2.75, 3.05) is 7.05 Å². The van der Waals surface area contributed by atoms with Crippen LogP contribution < -0.4 is 0 Å². The number of hydrogen-bond acceptors (Lipinski definition) is 4. The second-order valence-electron chi connectivity index (χ2n) is 2.66. The predicted molar refractivity (Wildman–Crippen MR) is 56.0 cm³/mol. The Morgan fingerprint density at radius 3 is 2.54 bits per heavy atom. The minimum absolute atomic E-state index is 0.390. The van der Waals surface area contributed by atoms with Gasteiger partial charge >= 0.3 is 0 Å². The van der Waals surface area contributed by atoms with Gasteiger partial charge < -0.3 is 10.3 Å². The molecule has 0 aliphatic carbocycles. The molecular formula is C9H9N2OS-. The molecule has 0 aliphatic heterocycles. The molecule has 0 radical (unpaired) electrons. The predicted octanol–water partition coefficient (Wildman–Crippen LogP) is 2.35. The van der Waals surface area contributed by atoms with Crippen LogP contribution in [0.25, 0.3) is 0 Å². The van der Waals surface area contributed by atoms with Gasteiger partial charge in [0.15, 0.2) is 0 Å². The zero-order chi connectivity index (χ0) is 9.68. The normalized spacial score (nSPS) is 9.77. The molecule has 0 aromatic heterocycles. The molecule has 68 valence electrons. The fourth-order valence-corrected chi connectivity index (χ4v) is 1.09. The van der Waals surface area contributed by atoms with Crippen LogP contribution in [-0.4, -0.2) is 17.3 Å². The SMILES string of the molecule is CN([O-])Cc1ccc(N=C=S)cc1. The lowest BCUT2D eigenvalue weighted by molar-refractivity contribution is 0.453. The first kappa shape index (κ1) is 10.0. The van der Waals surface area contributed by atoms with Crippen molar-refractivity contribution in [2.24, 2.45) is 4.99 Å². The van der Waals surface area contributed by atoms with E-state index < -0.39 is 0 Å². The van der Waals surface area contributed by atoms with Crippen molar-refractivity contribution in [3.8, 4) is 0 Å². The maximum atomic E-state index is 10.7. The number of nitrogens with zero attached hydrogens (tertiary/aromatic N) is 2. The van der Waals surface area contributed by atoms with Crippen molar-refractivity contribution in [1.82, 2.24) is 5.06 Å². The molecule has 1 rings (SSSR count). The first-order chi connectivity index (χ1) is 6.22. The van der Waals surface area contributed by atoms with E-state index in [1.54, 1.807) is 12.1 Å². The fraction of sp³-hybridized carbons (Fsp3) is 0.222. The molecule has 0 heterocycles. The average Bonchev–Trinajstić information content (AvgIpc) is 2.08. The van der Waals surface area contributed by atoms with E-state index in [1.165, 1.54) is 7.05 Å². The second kappa shape index (κ2) is 4.84. The fourth-order valence-electron chi connectivity index (χ4n) is 0.986. The first-order valence-corrected chi connectivity index (χ1v) is 4.18. The number of thiocarbonyl (C=S) groups is 1. The number of benzene rings is 1. The maximum Gasteiger partial charge on any atom is 0.0739 e. The molecule has 0 saturated carbocycles. The van der Waals surface area contributed by atoms with Crippen molar-refractivity contribution in [3.63, 3.8) is 0 Å². The van der Waals surface area contributed by atoms with Crippen LogP contribution in [0, 0.1) is 5.21 Å². The van der Waals surface area contributed by atoms with Crippen molar-refractivity contribution < 1.29 is 0 Å². The quantitative estimate of drug-likeness (QED) is 0.420. The summed E-state index contributed by atoms with van der Waals surface area (Å²) < 4.78 is 0. The van der Waals surface area contributed by atoms with E-state index in [-0.39, 0.29) is 0 Å². The molecule has 0 aliphatic rings. The highest BCUT2D eigenvalue weighted by atomic mass is 32.1. The van der Waals surface area contributed by atoms with E-state index in [0.717, 1.165) is 16.3 Å². The van der Waals surface area contributed by atoms with E-state index in [0.29, 0.717) is 6.54 Å². The Bertz CT molecular complexity index is 315. The molecule has 0 amide bonds. The van der Waals surface area contributed by atoms with Gasteiger partial charge in [-0.2, -0.15) is 4.99 Å². The van der Waals surface area contributed by atoms with Crippen molar-refractivity contribution in [1.29, 1.82) is 0 Å². The average molecular weight is 193 g/mol. The minimum atomic E-state index is 0.390. The number of aliphatic imine (C=N–C) groups is 1. The summed E-state index contributed by atoms with van der Waals surface area (Å²) in [4.78, 5) is 3.80. The van der Waals surface area contributed by atoms with Gasteiger partial charge in [0.1, 0.15) is 0 Å². The van der Waals surface area contributed by atoms with Gasteiger partial charge in [-0.15, -0.1) is 0 Å². The Morgan fingerprint density at radius 1 is 1.46 bits per heavy atom. The highest BCUT2D eigenvalue weighted by Crippen LogP contribution is 2.12. The number of rotatable bonds is 3. The Morgan fingerprint density at radius 2 is 2.08 bits per heavy atom. The van der Waals surface area contributed by atoms with Crippen LogP contribution in [0.2, 0.25) is 0 Å². The smallest absolute Gasteiger partial charge is 0.0739 e. The van der Waals surface area contributed by atoms with E-state index >= 15 is 0 Å². The Kier molecular flexibility index (Phi) is 3.73. The molecule has 1 aromatic carbocycles. The van der Waals surface area contributed by atoms with Crippen molar-refractivity contribution >= 4 is 23.1 Å². The van der Waals surface area contributed by atoms with Gasteiger partial charge in [-0.25, -0.2) is 0 Å². The van der Waals surface area contributed by atoms with Crippen LogP contribution in [-0.2, 0) is 6.54 Å². The lowest BCUT2D eigenvalue weighted by atomic mass is 10.2. The zero-order valence-corrected chi connectivity index (χ0v) is 8.04. The van der Waals surface area contributed by atoms with E-state index in [9.17, 15) is 5.21 Å². The van der Waals surface area contributed by atoms with Crippen LogP contribution in [0.3, 0.4) is 0 Å². The lowest BCUT2D eigenvalue weighted by Gasteiger charge is -2.21. The molecule has 3 nitrogen and oxygen atoms in total. The largest absolute Gasteiger partial charge is 0.785 e. The molecule has 0 fully saturated rings. The second-order valence-corrected chi connectivity index (χ2v) is 2.84. The third-order valence-electron chi connectivity index (χ3n) is 1.52. The van der Waals surface area contributed by atoms with Crippen molar-refractivity contribution in [2.45, 2.75) is 6.54 Å². The number of hydroxylamine groups is 2. The number of isothiocyanates is 1. The van der Waals surface area contributed by atoms with E-state index in [4.69, 9.17) is 0 Å². The standard InChI is InChI=1S/C9H9N2OS/c1-11(12)6-8-2-4-9(5-3-8)10-7-13/h2-5H,6H2,1H3/q-1. The molecular weight excluding hydrogens is 184 g/mol. The van der Waals surface area contributed by atoms with Gasteiger partial charge in [-0.3, -0.25) is 0 Å². The van der Waals surface area contributed by atoms with E-state index in [1.807, 2.05) is 12.1 Å². The Hall–Kier alpha value is -1.06. The van der Waals surface area contributed by atoms with Gasteiger partial charge in [0, 0.05) is 6.54 Å². The molecule has 0 N–H and O–H groups in total. The molecule has 0 atom stereocenters. The topological polar surface area (TPSA) is 38.7 Å². The van der Waals surface area contributed by atoms with Gasteiger partial charge in [-0.05, 0) is 37.0 Å².